The fourth-order valence-corrected chi connectivity index (χ4v) is 2.57. The fourth-order valence-electron chi connectivity index (χ4n) is 2.57. The van der Waals surface area contributed by atoms with Gasteiger partial charge in [-0.3, -0.25) is 0 Å². The second kappa shape index (κ2) is 5.03. The lowest BCUT2D eigenvalue weighted by molar-refractivity contribution is -0.0540. The van der Waals surface area contributed by atoms with E-state index in [0.717, 1.165) is 32.7 Å². The first-order valence-electron chi connectivity index (χ1n) is 6.42. The van der Waals surface area contributed by atoms with Crippen LogP contribution in [0.25, 0.3) is 0 Å². The highest BCUT2D eigenvalue weighted by Crippen LogP contribution is 2.36. The van der Waals surface area contributed by atoms with Gasteiger partial charge in [-0.25, -0.2) is 0 Å². The monoisotopic (exact) mass is 228 g/mol. The van der Waals surface area contributed by atoms with Gasteiger partial charge >= 0.3 is 0 Å². The summed E-state index contributed by atoms with van der Waals surface area (Å²) in [6.07, 6.45) is 3.98. The SMILES string of the molecule is CC(CC(C)(C)CCC1OCCO1)C1CO1. The molecule has 2 aliphatic heterocycles. The standard InChI is InChI=1S/C13H24O3/c1-10(11-9-16-11)8-13(2,3)5-4-12-14-6-7-15-12/h10-12H,4-9H2,1-3H3. The van der Waals surface area contributed by atoms with Crippen molar-refractivity contribution in [1.82, 2.24) is 0 Å². The molecule has 2 aliphatic rings. The summed E-state index contributed by atoms with van der Waals surface area (Å²) in [5.41, 5.74) is 0.362. The minimum absolute atomic E-state index is 0.0479. The molecular formula is C13H24O3. The summed E-state index contributed by atoms with van der Waals surface area (Å²) in [5.74, 6) is 0.681. The average molecular weight is 228 g/mol. The van der Waals surface area contributed by atoms with Gasteiger partial charge in [-0.2, -0.15) is 0 Å². The van der Waals surface area contributed by atoms with Crippen molar-refractivity contribution in [2.45, 2.75) is 52.4 Å². The van der Waals surface area contributed by atoms with E-state index in [4.69, 9.17) is 14.2 Å². The Morgan fingerprint density at radius 3 is 2.38 bits per heavy atom. The van der Waals surface area contributed by atoms with E-state index in [9.17, 15) is 0 Å². The zero-order valence-electron chi connectivity index (χ0n) is 10.7. The Morgan fingerprint density at radius 1 is 1.19 bits per heavy atom. The maximum Gasteiger partial charge on any atom is 0.157 e. The highest BCUT2D eigenvalue weighted by atomic mass is 16.7. The van der Waals surface area contributed by atoms with Crippen molar-refractivity contribution < 1.29 is 14.2 Å². The van der Waals surface area contributed by atoms with E-state index in [2.05, 4.69) is 20.8 Å². The van der Waals surface area contributed by atoms with Crippen LogP contribution in [0.3, 0.4) is 0 Å². The summed E-state index contributed by atoms with van der Waals surface area (Å²) in [7, 11) is 0. The van der Waals surface area contributed by atoms with Crippen molar-refractivity contribution in [2.75, 3.05) is 19.8 Å². The van der Waals surface area contributed by atoms with Gasteiger partial charge in [0.1, 0.15) is 0 Å². The molecule has 2 unspecified atom stereocenters. The van der Waals surface area contributed by atoms with E-state index in [1.54, 1.807) is 0 Å². The molecule has 16 heavy (non-hydrogen) atoms. The van der Waals surface area contributed by atoms with Crippen LogP contribution in [0, 0.1) is 11.3 Å². The number of ether oxygens (including phenoxy) is 3. The fraction of sp³-hybridized carbons (Fsp3) is 1.00. The summed E-state index contributed by atoms with van der Waals surface area (Å²) in [6.45, 7) is 9.45. The molecule has 2 saturated heterocycles. The summed E-state index contributed by atoms with van der Waals surface area (Å²) >= 11 is 0. The van der Waals surface area contributed by atoms with Crippen molar-refractivity contribution in [2.24, 2.45) is 11.3 Å². The van der Waals surface area contributed by atoms with Gasteiger partial charge in [-0.1, -0.05) is 20.8 Å². The first-order chi connectivity index (χ1) is 7.57. The second-order valence-corrected chi connectivity index (χ2v) is 5.93. The average Bonchev–Trinajstić information content (AvgIpc) is 2.93. The van der Waals surface area contributed by atoms with Crippen LogP contribution in [0.2, 0.25) is 0 Å². The molecular weight excluding hydrogens is 204 g/mol. The van der Waals surface area contributed by atoms with E-state index in [1.807, 2.05) is 0 Å². The Bertz CT molecular complexity index is 217. The lowest BCUT2D eigenvalue weighted by Gasteiger charge is -2.28. The summed E-state index contributed by atoms with van der Waals surface area (Å²) < 4.78 is 16.3. The van der Waals surface area contributed by atoms with Gasteiger partial charge in [0.15, 0.2) is 6.29 Å². The number of rotatable bonds is 6. The first kappa shape index (κ1) is 12.3. The second-order valence-electron chi connectivity index (χ2n) is 5.93. The van der Waals surface area contributed by atoms with Gasteiger partial charge in [-0.05, 0) is 30.6 Å². The molecule has 0 spiro atoms. The Morgan fingerprint density at radius 2 is 1.81 bits per heavy atom. The Labute approximate surface area is 98.4 Å². The third-order valence-corrected chi connectivity index (χ3v) is 3.62. The van der Waals surface area contributed by atoms with Crippen molar-refractivity contribution in [3.63, 3.8) is 0 Å². The van der Waals surface area contributed by atoms with Gasteiger partial charge in [0, 0.05) is 0 Å². The quantitative estimate of drug-likeness (QED) is 0.655. The minimum Gasteiger partial charge on any atom is -0.373 e. The largest absolute Gasteiger partial charge is 0.373 e. The molecule has 0 aromatic rings. The lowest BCUT2D eigenvalue weighted by atomic mass is 9.79. The molecule has 0 amide bonds. The highest BCUT2D eigenvalue weighted by molar-refractivity contribution is 4.81. The number of hydrogen-bond donors (Lipinski definition) is 0. The van der Waals surface area contributed by atoms with Crippen LogP contribution in [-0.2, 0) is 14.2 Å². The Hall–Kier alpha value is -0.120. The maximum absolute atomic E-state index is 5.47. The molecule has 0 bridgehead atoms. The molecule has 2 rings (SSSR count). The minimum atomic E-state index is 0.0479. The van der Waals surface area contributed by atoms with Gasteiger partial charge in [0.2, 0.25) is 0 Å². The smallest absolute Gasteiger partial charge is 0.157 e. The van der Waals surface area contributed by atoms with E-state index in [1.165, 1.54) is 6.42 Å². The predicted octanol–water partition coefficient (Wildman–Crippen LogP) is 2.59. The highest BCUT2D eigenvalue weighted by Gasteiger charge is 2.33. The van der Waals surface area contributed by atoms with Crippen LogP contribution < -0.4 is 0 Å². The third kappa shape index (κ3) is 3.72. The lowest BCUT2D eigenvalue weighted by Crippen LogP contribution is -2.21. The zero-order chi connectivity index (χ0) is 11.6. The molecule has 0 saturated carbocycles. The van der Waals surface area contributed by atoms with E-state index < -0.39 is 0 Å². The topological polar surface area (TPSA) is 31.0 Å². The molecule has 3 heteroatoms. The number of epoxide rings is 1. The van der Waals surface area contributed by atoms with Crippen LogP contribution in [0.15, 0.2) is 0 Å². The van der Waals surface area contributed by atoms with Crippen LogP contribution in [0.1, 0.15) is 40.0 Å². The first-order valence-corrected chi connectivity index (χ1v) is 6.42. The molecule has 0 aromatic carbocycles. The summed E-state index contributed by atoms with van der Waals surface area (Å²) in [4.78, 5) is 0. The summed E-state index contributed by atoms with van der Waals surface area (Å²) in [5, 5.41) is 0. The summed E-state index contributed by atoms with van der Waals surface area (Å²) in [6, 6.07) is 0. The van der Waals surface area contributed by atoms with Crippen LogP contribution in [0.5, 0.6) is 0 Å². The molecule has 94 valence electrons. The van der Waals surface area contributed by atoms with Crippen LogP contribution in [-0.4, -0.2) is 32.2 Å². The van der Waals surface area contributed by atoms with Crippen LogP contribution in [0.4, 0.5) is 0 Å². The molecule has 3 nitrogen and oxygen atoms in total. The Kier molecular flexibility index (Phi) is 3.88. The van der Waals surface area contributed by atoms with Gasteiger partial charge < -0.3 is 14.2 Å². The van der Waals surface area contributed by atoms with Crippen molar-refractivity contribution in [3.05, 3.63) is 0 Å². The Balaban J connectivity index is 1.68. The molecule has 0 aromatic heterocycles. The molecule has 2 atom stereocenters. The molecule has 2 heterocycles. The number of hydrogen-bond acceptors (Lipinski definition) is 3. The van der Waals surface area contributed by atoms with Gasteiger partial charge in [-0.15, -0.1) is 0 Å². The zero-order valence-corrected chi connectivity index (χ0v) is 10.7. The third-order valence-electron chi connectivity index (χ3n) is 3.62. The normalized spacial score (nSPS) is 28.3. The van der Waals surface area contributed by atoms with Gasteiger partial charge in [0.05, 0.1) is 25.9 Å². The molecule has 2 fully saturated rings. The van der Waals surface area contributed by atoms with E-state index >= 15 is 0 Å². The molecule has 0 aliphatic carbocycles. The van der Waals surface area contributed by atoms with E-state index in [-0.39, 0.29) is 6.29 Å². The van der Waals surface area contributed by atoms with Crippen molar-refractivity contribution in [1.29, 1.82) is 0 Å². The van der Waals surface area contributed by atoms with Crippen LogP contribution >= 0.6 is 0 Å². The maximum atomic E-state index is 5.47. The molecule has 0 N–H and O–H groups in total. The van der Waals surface area contributed by atoms with E-state index in [0.29, 0.717) is 17.4 Å². The van der Waals surface area contributed by atoms with Crippen molar-refractivity contribution >= 4 is 0 Å². The molecule has 0 radical (unpaired) electrons. The van der Waals surface area contributed by atoms with Crippen molar-refractivity contribution in [3.8, 4) is 0 Å². The predicted molar refractivity (Wildman–Crippen MR) is 62.2 cm³/mol. The van der Waals surface area contributed by atoms with Gasteiger partial charge in [0.25, 0.3) is 0 Å².